The second kappa shape index (κ2) is 8.62. The molecule has 0 amide bonds. The number of rotatable bonds is 5. The van der Waals surface area contributed by atoms with E-state index < -0.39 is 11.9 Å². The summed E-state index contributed by atoms with van der Waals surface area (Å²) in [6.07, 6.45) is 2.22. The minimum atomic E-state index is -4.55. The van der Waals surface area contributed by atoms with E-state index >= 15 is 0 Å². The van der Waals surface area contributed by atoms with Crippen molar-refractivity contribution in [1.29, 1.82) is 0 Å². The van der Waals surface area contributed by atoms with Crippen LogP contribution in [-0.4, -0.2) is 55.1 Å². The topological polar surface area (TPSA) is 63.0 Å². The lowest BCUT2D eigenvalue weighted by atomic mass is 10.1. The third-order valence-electron chi connectivity index (χ3n) is 5.52. The lowest BCUT2D eigenvalue weighted by Crippen LogP contribution is -2.52. The number of piperazine rings is 1. The van der Waals surface area contributed by atoms with E-state index in [9.17, 15) is 13.2 Å². The Hall–Kier alpha value is -3.01. The molecule has 1 unspecified atom stereocenters. The van der Waals surface area contributed by atoms with Crippen LogP contribution in [0.1, 0.15) is 25.4 Å². The molecule has 7 nitrogen and oxygen atoms in total. The molecule has 0 N–H and O–H groups in total. The molecule has 164 valence electrons. The van der Waals surface area contributed by atoms with Gasteiger partial charge in [0, 0.05) is 68.6 Å². The van der Waals surface area contributed by atoms with Crippen LogP contribution in [0.3, 0.4) is 0 Å². The molecule has 0 aliphatic carbocycles. The Morgan fingerprint density at radius 3 is 2.55 bits per heavy atom. The highest BCUT2D eigenvalue weighted by Crippen LogP contribution is 2.32. The van der Waals surface area contributed by atoms with Gasteiger partial charge in [-0.25, -0.2) is 15.0 Å². The summed E-state index contributed by atoms with van der Waals surface area (Å²) in [7, 11) is 0. The zero-order valence-electron chi connectivity index (χ0n) is 17.4. The fourth-order valence-corrected chi connectivity index (χ4v) is 3.77. The van der Waals surface area contributed by atoms with Gasteiger partial charge in [-0.15, -0.1) is 0 Å². The predicted molar refractivity (Wildman–Crippen MR) is 110 cm³/mol. The number of anilines is 1. The molecule has 1 aliphatic heterocycles. The SMILES string of the molecule is CCn1ccnc1CN1CCN(c2cc(C(F)(F)F)nc(-c3ccncc3)n2)CC1C. The second-order valence-corrected chi connectivity index (χ2v) is 7.56. The Balaban J connectivity index is 1.57. The van der Waals surface area contributed by atoms with Gasteiger partial charge in [0.25, 0.3) is 0 Å². The van der Waals surface area contributed by atoms with Crippen molar-refractivity contribution in [3.8, 4) is 11.4 Å². The normalized spacial score (nSPS) is 17.8. The monoisotopic (exact) mass is 431 g/mol. The van der Waals surface area contributed by atoms with Crippen LogP contribution in [0, 0.1) is 0 Å². The van der Waals surface area contributed by atoms with Gasteiger partial charge < -0.3 is 9.47 Å². The molecule has 10 heteroatoms. The van der Waals surface area contributed by atoms with Crippen molar-refractivity contribution in [2.24, 2.45) is 0 Å². The van der Waals surface area contributed by atoms with Crippen molar-refractivity contribution in [2.75, 3.05) is 24.5 Å². The molecule has 0 aromatic carbocycles. The highest BCUT2D eigenvalue weighted by molar-refractivity contribution is 5.57. The molecule has 3 aromatic heterocycles. The van der Waals surface area contributed by atoms with Crippen molar-refractivity contribution >= 4 is 5.82 Å². The van der Waals surface area contributed by atoms with Crippen LogP contribution >= 0.6 is 0 Å². The minimum absolute atomic E-state index is 0.0484. The molecule has 0 bridgehead atoms. The average molecular weight is 431 g/mol. The van der Waals surface area contributed by atoms with Crippen LogP contribution < -0.4 is 4.90 Å². The van der Waals surface area contributed by atoms with Gasteiger partial charge >= 0.3 is 6.18 Å². The van der Waals surface area contributed by atoms with E-state index in [-0.39, 0.29) is 17.7 Å². The van der Waals surface area contributed by atoms with Gasteiger partial charge in [0.15, 0.2) is 11.5 Å². The molecule has 0 saturated carbocycles. The first-order valence-corrected chi connectivity index (χ1v) is 10.2. The summed E-state index contributed by atoms with van der Waals surface area (Å²) in [4.78, 5) is 20.8. The molecule has 1 atom stereocenters. The second-order valence-electron chi connectivity index (χ2n) is 7.56. The lowest BCUT2D eigenvalue weighted by Gasteiger charge is -2.40. The number of pyridine rings is 1. The van der Waals surface area contributed by atoms with Crippen LogP contribution in [0.2, 0.25) is 0 Å². The molecule has 1 fully saturated rings. The first kappa shape index (κ1) is 21.2. The maximum Gasteiger partial charge on any atom is 0.433 e. The predicted octanol–water partition coefficient (Wildman–Crippen LogP) is 3.48. The summed E-state index contributed by atoms with van der Waals surface area (Å²) in [5.41, 5.74) is -0.440. The van der Waals surface area contributed by atoms with Gasteiger partial charge in [-0.3, -0.25) is 9.88 Å². The first-order chi connectivity index (χ1) is 14.8. The van der Waals surface area contributed by atoms with Crippen molar-refractivity contribution in [1.82, 2.24) is 29.4 Å². The van der Waals surface area contributed by atoms with E-state index in [1.54, 1.807) is 18.3 Å². The quantitative estimate of drug-likeness (QED) is 0.616. The number of alkyl halides is 3. The zero-order valence-corrected chi connectivity index (χ0v) is 17.4. The Kier molecular flexibility index (Phi) is 5.90. The molecule has 0 radical (unpaired) electrons. The fourth-order valence-electron chi connectivity index (χ4n) is 3.77. The highest BCUT2D eigenvalue weighted by Gasteiger charge is 2.35. The number of aromatic nitrogens is 5. The fraction of sp³-hybridized carbons (Fsp3) is 0.429. The molecular formula is C21H24F3N7. The number of halogens is 3. The van der Waals surface area contributed by atoms with E-state index in [1.807, 2.05) is 11.1 Å². The molecule has 1 aliphatic rings. The molecule has 31 heavy (non-hydrogen) atoms. The van der Waals surface area contributed by atoms with Gasteiger partial charge in [-0.1, -0.05) is 0 Å². The summed E-state index contributed by atoms with van der Waals surface area (Å²) in [5.74, 6) is 1.33. The molecule has 0 spiro atoms. The van der Waals surface area contributed by atoms with Gasteiger partial charge in [-0.05, 0) is 26.0 Å². The molecular weight excluding hydrogens is 407 g/mol. The van der Waals surface area contributed by atoms with Crippen molar-refractivity contribution in [2.45, 2.75) is 39.2 Å². The number of nitrogens with zero attached hydrogens (tertiary/aromatic N) is 7. The summed E-state index contributed by atoms with van der Waals surface area (Å²) < 4.78 is 42.6. The number of hydrogen-bond acceptors (Lipinski definition) is 6. The molecule has 1 saturated heterocycles. The zero-order chi connectivity index (χ0) is 22.0. The molecule has 4 heterocycles. The molecule has 3 aromatic rings. The van der Waals surface area contributed by atoms with E-state index in [0.717, 1.165) is 18.4 Å². The van der Waals surface area contributed by atoms with Crippen molar-refractivity contribution < 1.29 is 13.2 Å². The summed E-state index contributed by atoms with van der Waals surface area (Å²) in [6, 6.07) is 4.38. The Morgan fingerprint density at radius 1 is 1.10 bits per heavy atom. The maximum absolute atomic E-state index is 13.5. The van der Waals surface area contributed by atoms with E-state index in [1.165, 1.54) is 12.4 Å². The van der Waals surface area contributed by atoms with Gasteiger partial charge in [0.05, 0.1) is 6.54 Å². The van der Waals surface area contributed by atoms with Crippen LogP contribution in [-0.2, 0) is 19.3 Å². The first-order valence-electron chi connectivity index (χ1n) is 10.2. The Labute approximate surface area is 178 Å². The third kappa shape index (κ3) is 4.68. The van der Waals surface area contributed by atoms with Crippen LogP contribution in [0.5, 0.6) is 0 Å². The molecule has 4 rings (SSSR count). The number of hydrogen-bond donors (Lipinski definition) is 0. The van der Waals surface area contributed by atoms with E-state index in [4.69, 9.17) is 0 Å². The lowest BCUT2D eigenvalue weighted by molar-refractivity contribution is -0.141. The maximum atomic E-state index is 13.5. The van der Waals surface area contributed by atoms with Crippen molar-refractivity contribution in [3.63, 3.8) is 0 Å². The minimum Gasteiger partial charge on any atom is -0.354 e. The van der Waals surface area contributed by atoms with Gasteiger partial charge in [0.1, 0.15) is 11.6 Å². The van der Waals surface area contributed by atoms with Gasteiger partial charge in [-0.2, -0.15) is 13.2 Å². The van der Waals surface area contributed by atoms with E-state index in [2.05, 4.69) is 43.3 Å². The summed E-state index contributed by atoms with van der Waals surface area (Å²) in [6.45, 7) is 7.53. The van der Waals surface area contributed by atoms with Gasteiger partial charge in [0.2, 0.25) is 0 Å². The summed E-state index contributed by atoms with van der Waals surface area (Å²) in [5, 5.41) is 0. The third-order valence-corrected chi connectivity index (χ3v) is 5.52. The van der Waals surface area contributed by atoms with Crippen molar-refractivity contribution in [3.05, 3.63) is 54.5 Å². The summed E-state index contributed by atoms with van der Waals surface area (Å²) >= 11 is 0. The van der Waals surface area contributed by atoms with E-state index in [0.29, 0.717) is 31.7 Å². The number of imidazole rings is 1. The standard InChI is InChI=1S/C21H24F3N7/c1-3-29-9-8-26-19(29)14-30-10-11-31(13-15(30)2)18-12-17(21(22,23)24)27-20(28-18)16-4-6-25-7-5-16/h4-9,12,15H,3,10-11,13-14H2,1-2H3. The Bertz CT molecular complexity index is 1020. The number of aryl methyl sites for hydroxylation is 1. The van der Waals surface area contributed by atoms with Crippen LogP contribution in [0.15, 0.2) is 43.0 Å². The van der Waals surface area contributed by atoms with Crippen LogP contribution in [0.25, 0.3) is 11.4 Å². The average Bonchev–Trinajstić information content (AvgIpc) is 3.22. The largest absolute Gasteiger partial charge is 0.433 e. The van der Waals surface area contributed by atoms with Crippen LogP contribution in [0.4, 0.5) is 19.0 Å². The highest BCUT2D eigenvalue weighted by atomic mass is 19.4. The Morgan fingerprint density at radius 2 is 1.87 bits per heavy atom. The smallest absolute Gasteiger partial charge is 0.354 e.